The predicted octanol–water partition coefficient (Wildman–Crippen LogP) is 2.95. The van der Waals surface area contributed by atoms with Crippen molar-refractivity contribution in [3.05, 3.63) is 65.7 Å². The number of pyridine rings is 1. The van der Waals surface area contributed by atoms with Crippen molar-refractivity contribution in [1.29, 1.82) is 0 Å². The Morgan fingerprint density at radius 3 is 2.89 bits per heavy atom. The van der Waals surface area contributed by atoms with Crippen molar-refractivity contribution >= 4 is 5.91 Å². The zero-order valence-electron chi connectivity index (χ0n) is 15.6. The lowest BCUT2D eigenvalue weighted by Crippen LogP contribution is -2.40. The van der Waals surface area contributed by atoms with Gasteiger partial charge < -0.3 is 13.9 Å². The quantitative estimate of drug-likeness (QED) is 0.710. The van der Waals surface area contributed by atoms with E-state index in [2.05, 4.69) is 19.5 Å². The van der Waals surface area contributed by atoms with Gasteiger partial charge >= 0.3 is 0 Å². The van der Waals surface area contributed by atoms with Gasteiger partial charge in [-0.15, -0.1) is 0 Å². The Bertz CT molecular complexity index is 931. The van der Waals surface area contributed by atoms with Gasteiger partial charge in [0.15, 0.2) is 5.89 Å². The fourth-order valence-electron chi connectivity index (χ4n) is 3.73. The van der Waals surface area contributed by atoms with Gasteiger partial charge in [0.1, 0.15) is 5.82 Å². The highest BCUT2D eigenvalue weighted by Gasteiger charge is 2.30. The van der Waals surface area contributed by atoms with Crippen molar-refractivity contribution in [3.63, 3.8) is 0 Å². The molecule has 7 heteroatoms. The zero-order chi connectivity index (χ0) is 18.8. The minimum Gasteiger partial charge on any atom is -0.436 e. The van der Waals surface area contributed by atoms with E-state index in [-0.39, 0.29) is 11.8 Å². The number of rotatable bonds is 4. The van der Waals surface area contributed by atoms with Crippen LogP contribution in [0.4, 0.5) is 0 Å². The van der Waals surface area contributed by atoms with Gasteiger partial charge in [0.2, 0.25) is 5.76 Å². The van der Waals surface area contributed by atoms with Gasteiger partial charge in [-0.3, -0.25) is 9.78 Å². The van der Waals surface area contributed by atoms with Crippen molar-refractivity contribution in [2.24, 2.45) is 0 Å². The number of oxazole rings is 1. The molecule has 4 rings (SSSR count). The van der Waals surface area contributed by atoms with Gasteiger partial charge in [0.05, 0.1) is 17.9 Å². The summed E-state index contributed by atoms with van der Waals surface area (Å²) in [5.74, 6) is 2.00. The maximum absolute atomic E-state index is 12.9. The smallest absolute Gasteiger partial charge is 0.291 e. The standard InChI is InChI=1S/C20H23N5O2/c1-14-18(27-15(2)23-14)20(26)25-10-5-6-16(12-25)19-22-9-11-24(19)13-17-7-3-4-8-21-17/h3-4,7-9,11,16H,5-6,10,12-13H2,1-2H3/t16-/m0/s1. The molecule has 0 unspecified atom stereocenters. The number of imidazole rings is 1. The highest BCUT2D eigenvalue weighted by Crippen LogP contribution is 2.27. The number of hydrogen-bond acceptors (Lipinski definition) is 5. The van der Waals surface area contributed by atoms with E-state index >= 15 is 0 Å². The molecular formula is C20H23N5O2. The van der Waals surface area contributed by atoms with E-state index < -0.39 is 0 Å². The molecule has 7 nitrogen and oxygen atoms in total. The Labute approximate surface area is 158 Å². The molecule has 4 heterocycles. The molecule has 1 aliphatic rings. The number of aromatic nitrogens is 4. The van der Waals surface area contributed by atoms with Crippen LogP contribution < -0.4 is 0 Å². The Morgan fingerprint density at radius 1 is 1.26 bits per heavy atom. The van der Waals surface area contributed by atoms with Crippen molar-refractivity contribution in [2.45, 2.75) is 39.2 Å². The SMILES string of the molecule is Cc1nc(C)c(C(=O)N2CCC[C@H](c3nccn3Cc3ccccn3)C2)o1. The summed E-state index contributed by atoms with van der Waals surface area (Å²) in [5.41, 5.74) is 1.64. The molecule has 0 spiro atoms. The van der Waals surface area contributed by atoms with E-state index in [4.69, 9.17) is 4.42 Å². The Morgan fingerprint density at radius 2 is 2.15 bits per heavy atom. The van der Waals surface area contributed by atoms with Crippen LogP contribution in [0.3, 0.4) is 0 Å². The number of piperidine rings is 1. The van der Waals surface area contributed by atoms with Crippen LogP contribution in [-0.4, -0.2) is 43.4 Å². The summed E-state index contributed by atoms with van der Waals surface area (Å²) in [6.07, 6.45) is 7.56. The van der Waals surface area contributed by atoms with Gasteiger partial charge in [-0.25, -0.2) is 9.97 Å². The lowest BCUT2D eigenvalue weighted by Gasteiger charge is -2.32. The summed E-state index contributed by atoms with van der Waals surface area (Å²) < 4.78 is 7.66. The second-order valence-electron chi connectivity index (χ2n) is 6.97. The van der Waals surface area contributed by atoms with Gasteiger partial charge in [-0.1, -0.05) is 6.07 Å². The number of likely N-dealkylation sites (tertiary alicyclic amines) is 1. The number of carbonyl (C=O) groups excluding carboxylic acids is 1. The summed E-state index contributed by atoms with van der Waals surface area (Å²) in [7, 11) is 0. The number of amides is 1. The molecule has 140 valence electrons. The van der Waals surface area contributed by atoms with Crippen LogP contribution in [0, 0.1) is 13.8 Å². The average Bonchev–Trinajstić information content (AvgIpc) is 3.28. The van der Waals surface area contributed by atoms with Gasteiger partial charge in [0.25, 0.3) is 5.91 Å². The van der Waals surface area contributed by atoms with Crippen molar-refractivity contribution in [3.8, 4) is 0 Å². The summed E-state index contributed by atoms with van der Waals surface area (Å²) in [6.45, 7) is 5.62. The second-order valence-corrected chi connectivity index (χ2v) is 6.97. The van der Waals surface area contributed by atoms with Crippen molar-refractivity contribution < 1.29 is 9.21 Å². The Kier molecular flexibility index (Phi) is 4.75. The molecule has 27 heavy (non-hydrogen) atoms. The van der Waals surface area contributed by atoms with E-state index in [9.17, 15) is 4.79 Å². The fourth-order valence-corrected chi connectivity index (χ4v) is 3.73. The number of hydrogen-bond donors (Lipinski definition) is 0. The monoisotopic (exact) mass is 365 g/mol. The van der Waals surface area contributed by atoms with Crippen LogP contribution in [-0.2, 0) is 6.54 Å². The van der Waals surface area contributed by atoms with Crippen LogP contribution in [0.1, 0.15) is 52.4 Å². The molecule has 3 aromatic rings. The van der Waals surface area contributed by atoms with E-state index in [1.807, 2.05) is 42.4 Å². The summed E-state index contributed by atoms with van der Waals surface area (Å²) in [6, 6.07) is 5.91. The third-order valence-electron chi connectivity index (χ3n) is 4.98. The summed E-state index contributed by atoms with van der Waals surface area (Å²) in [4.78, 5) is 27.9. The van der Waals surface area contributed by atoms with Crippen LogP contribution in [0.25, 0.3) is 0 Å². The highest BCUT2D eigenvalue weighted by molar-refractivity contribution is 5.92. The fraction of sp³-hybridized carbons (Fsp3) is 0.400. The first-order chi connectivity index (χ1) is 13.1. The predicted molar refractivity (Wildman–Crippen MR) is 99.4 cm³/mol. The highest BCUT2D eigenvalue weighted by atomic mass is 16.4. The van der Waals surface area contributed by atoms with Crippen LogP contribution in [0.5, 0.6) is 0 Å². The zero-order valence-corrected chi connectivity index (χ0v) is 15.6. The molecule has 1 aliphatic heterocycles. The van der Waals surface area contributed by atoms with Crippen molar-refractivity contribution in [2.75, 3.05) is 13.1 Å². The lowest BCUT2D eigenvalue weighted by atomic mass is 9.96. The first-order valence-electron chi connectivity index (χ1n) is 9.26. The molecule has 1 amide bonds. The Hall–Kier alpha value is -2.96. The third kappa shape index (κ3) is 3.63. The van der Waals surface area contributed by atoms with Crippen LogP contribution in [0.2, 0.25) is 0 Å². The molecule has 1 fully saturated rings. The normalized spacial score (nSPS) is 17.3. The third-order valence-corrected chi connectivity index (χ3v) is 4.98. The minimum atomic E-state index is -0.0827. The Balaban J connectivity index is 1.51. The summed E-state index contributed by atoms with van der Waals surface area (Å²) in [5, 5.41) is 0. The second kappa shape index (κ2) is 7.34. The molecule has 3 aromatic heterocycles. The van der Waals surface area contributed by atoms with Gasteiger partial charge in [-0.2, -0.15) is 0 Å². The summed E-state index contributed by atoms with van der Waals surface area (Å²) >= 11 is 0. The number of nitrogens with zero attached hydrogens (tertiary/aromatic N) is 5. The molecule has 0 aliphatic carbocycles. The van der Waals surface area contributed by atoms with E-state index in [0.29, 0.717) is 30.4 Å². The topological polar surface area (TPSA) is 77.1 Å². The largest absolute Gasteiger partial charge is 0.436 e. The maximum Gasteiger partial charge on any atom is 0.291 e. The van der Waals surface area contributed by atoms with E-state index in [0.717, 1.165) is 30.9 Å². The van der Waals surface area contributed by atoms with Gasteiger partial charge in [0, 0.05) is 44.5 Å². The maximum atomic E-state index is 12.9. The van der Waals surface area contributed by atoms with Gasteiger partial charge in [-0.05, 0) is 31.9 Å². The molecule has 0 saturated carbocycles. The number of carbonyl (C=O) groups is 1. The molecule has 0 radical (unpaired) electrons. The first kappa shape index (κ1) is 17.5. The molecule has 0 aromatic carbocycles. The number of aryl methyl sites for hydroxylation is 2. The lowest BCUT2D eigenvalue weighted by molar-refractivity contribution is 0.0668. The molecule has 0 N–H and O–H groups in total. The van der Waals surface area contributed by atoms with Crippen molar-refractivity contribution in [1.82, 2.24) is 24.4 Å². The van der Waals surface area contributed by atoms with E-state index in [1.54, 1.807) is 13.1 Å². The average molecular weight is 365 g/mol. The van der Waals surface area contributed by atoms with E-state index in [1.165, 1.54) is 0 Å². The molecule has 1 atom stereocenters. The first-order valence-corrected chi connectivity index (χ1v) is 9.26. The molecule has 1 saturated heterocycles. The van der Waals surface area contributed by atoms with Crippen LogP contribution in [0.15, 0.2) is 41.2 Å². The molecule has 0 bridgehead atoms. The minimum absolute atomic E-state index is 0.0827. The van der Waals surface area contributed by atoms with Crippen LogP contribution >= 0.6 is 0 Å². The molecular weight excluding hydrogens is 342 g/mol.